The van der Waals surface area contributed by atoms with Crippen molar-refractivity contribution in [3.63, 3.8) is 0 Å². The summed E-state index contributed by atoms with van der Waals surface area (Å²) in [4.78, 5) is 35.1. The van der Waals surface area contributed by atoms with Gasteiger partial charge in [-0.25, -0.2) is 9.97 Å². The van der Waals surface area contributed by atoms with Crippen molar-refractivity contribution in [3.05, 3.63) is 42.2 Å². The number of hydrogen-bond acceptors (Lipinski definition) is 5. The van der Waals surface area contributed by atoms with Gasteiger partial charge in [0.1, 0.15) is 5.82 Å². The largest absolute Gasteiger partial charge is 0.491 e. The lowest BCUT2D eigenvalue weighted by Gasteiger charge is -2.18. The van der Waals surface area contributed by atoms with Crippen LogP contribution in [-0.4, -0.2) is 57.0 Å². The number of hydrogen-bond donors (Lipinski definition) is 1. The van der Waals surface area contributed by atoms with Gasteiger partial charge in [-0.2, -0.15) is 0 Å². The molecule has 0 saturated carbocycles. The summed E-state index contributed by atoms with van der Waals surface area (Å²) in [6, 6.07) is 3.31. The number of aryl methyl sites for hydroxylation is 1. The molecule has 1 aliphatic heterocycles. The van der Waals surface area contributed by atoms with Crippen molar-refractivity contribution in [1.82, 2.24) is 24.8 Å². The Morgan fingerprint density at radius 1 is 1.30 bits per heavy atom. The zero-order chi connectivity index (χ0) is 19.4. The van der Waals surface area contributed by atoms with Crippen LogP contribution in [0.3, 0.4) is 0 Å². The molecule has 0 aliphatic carbocycles. The van der Waals surface area contributed by atoms with Crippen molar-refractivity contribution < 1.29 is 14.3 Å². The molecule has 1 N–H and O–H groups in total. The van der Waals surface area contributed by atoms with E-state index in [0.29, 0.717) is 31.1 Å². The third-order valence-corrected chi connectivity index (χ3v) is 4.62. The Hall–Kier alpha value is -2.90. The van der Waals surface area contributed by atoms with E-state index in [4.69, 9.17) is 4.74 Å². The Bertz CT molecular complexity index is 819. The van der Waals surface area contributed by atoms with Crippen LogP contribution in [0.4, 0.5) is 0 Å². The molecule has 144 valence electrons. The highest BCUT2D eigenvalue weighted by atomic mass is 16.5. The maximum absolute atomic E-state index is 13.1. The summed E-state index contributed by atoms with van der Waals surface area (Å²) >= 11 is 0. The van der Waals surface area contributed by atoms with Crippen molar-refractivity contribution in [2.24, 2.45) is 7.05 Å². The molecule has 2 atom stereocenters. The summed E-state index contributed by atoms with van der Waals surface area (Å²) in [5.74, 6) is 0.919. The molecule has 1 saturated heterocycles. The van der Waals surface area contributed by atoms with Crippen LogP contribution in [0.25, 0.3) is 0 Å². The van der Waals surface area contributed by atoms with E-state index < -0.39 is 0 Å². The van der Waals surface area contributed by atoms with Crippen molar-refractivity contribution >= 4 is 11.8 Å². The molecule has 0 radical (unpaired) electrons. The summed E-state index contributed by atoms with van der Waals surface area (Å²) < 4.78 is 7.60. The lowest BCUT2D eigenvalue weighted by atomic mass is 10.0. The third kappa shape index (κ3) is 4.10. The number of pyridine rings is 1. The Labute approximate surface area is 158 Å². The van der Waals surface area contributed by atoms with Crippen LogP contribution in [0.1, 0.15) is 42.5 Å². The molecule has 3 heterocycles. The number of carbonyl (C=O) groups is 2. The molecule has 1 fully saturated rings. The highest BCUT2D eigenvalue weighted by molar-refractivity contribution is 5.95. The number of rotatable bonds is 6. The van der Waals surface area contributed by atoms with Gasteiger partial charge in [-0.05, 0) is 18.6 Å². The SMILES string of the molecule is CCCOc1cccnc1C(=O)N1C[C@@H](NC(C)=O)[C@H](c2nccn2C)C1. The minimum atomic E-state index is -0.200. The van der Waals surface area contributed by atoms with E-state index in [-0.39, 0.29) is 23.8 Å². The molecule has 1 aliphatic rings. The lowest BCUT2D eigenvalue weighted by molar-refractivity contribution is -0.119. The second kappa shape index (κ2) is 8.20. The van der Waals surface area contributed by atoms with Crippen molar-refractivity contribution in [2.75, 3.05) is 19.7 Å². The molecule has 2 aromatic heterocycles. The fraction of sp³-hybridized carbons (Fsp3) is 0.474. The van der Waals surface area contributed by atoms with Gasteiger partial charge in [0.2, 0.25) is 5.91 Å². The van der Waals surface area contributed by atoms with Crippen LogP contribution in [0, 0.1) is 0 Å². The van der Waals surface area contributed by atoms with Gasteiger partial charge >= 0.3 is 0 Å². The van der Waals surface area contributed by atoms with E-state index >= 15 is 0 Å². The number of nitrogens with zero attached hydrogens (tertiary/aromatic N) is 4. The first-order valence-corrected chi connectivity index (χ1v) is 9.12. The molecule has 0 bridgehead atoms. The lowest BCUT2D eigenvalue weighted by Crippen LogP contribution is -2.39. The average Bonchev–Trinajstić information content (AvgIpc) is 3.25. The van der Waals surface area contributed by atoms with Crippen molar-refractivity contribution in [1.29, 1.82) is 0 Å². The van der Waals surface area contributed by atoms with Crippen molar-refractivity contribution in [2.45, 2.75) is 32.2 Å². The number of ether oxygens (including phenoxy) is 1. The molecule has 0 spiro atoms. The molecule has 27 heavy (non-hydrogen) atoms. The first kappa shape index (κ1) is 18.9. The number of amides is 2. The molecular weight excluding hydrogens is 346 g/mol. The van der Waals surface area contributed by atoms with Gasteiger partial charge in [0, 0.05) is 45.7 Å². The van der Waals surface area contributed by atoms with E-state index in [1.807, 2.05) is 24.7 Å². The zero-order valence-corrected chi connectivity index (χ0v) is 15.9. The Morgan fingerprint density at radius 2 is 2.11 bits per heavy atom. The summed E-state index contributed by atoms with van der Waals surface area (Å²) in [5.41, 5.74) is 0.299. The summed E-state index contributed by atoms with van der Waals surface area (Å²) in [7, 11) is 1.91. The van der Waals surface area contributed by atoms with Crippen LogP contribution in [-0.2, 0) is 11.8 Å². The topological polar surface area (TPSA) is 89.3 Å². The van der Waals surface area contributed by atoms with Gasteiger partial charge in [-0.1, -0.05) is 6.92 Å². The smallest absolute Gasteiger partial charge is 0.276 e. The summed E-state index contributed by atoms with van der Waals surface area (Å²) in [6.07, 6.45) is 6.02. The predicted molar refractivity (Wildman–Crippen MR) is 99.5 cm³/mol. The van der Waals surface area contributed by atoms with Crippen LogP contribution < -0.4 is 10.1 Å². The van der Waals surface area contributed by atoms with E-state index in [2.05, 4.69) is 15.3 Å². The standard InChI is InChI=1S/C19H25N5O3/c1-4-10-27-16-6-5-7-20-17(16)19(26)24-11-14(15(12-24)22-13(2)25)18-21-8-9-23(18)3/h5-9,14-15H,4,10-12H2,1-3H3,(H,22,25)/t14-,15-/m1/s1. The molecule has 8 nitrogen and oxygen atoms in total. The molecule has 0 unspecified atom stereocenters. The predicted octanol–water partition coefficient (Wildman–Crippen LogP) is 1.35. The second-order valence-corrected chi connectivity index (χ2v) is 6.72. The minimum absolute atomic E-state index is 0.0819. The Balaban J connectivity index is 1.84. The number of aromatic nitrogens is 3. The normalized spacial score (nSPS) is 19.1. The fourth-order valence-corrected chi connectivity index (χ4v) is 3.40. The molecule has 8 heteroatoms. The molecule has 0 aromatic carbocycles. The monoisotopic (exact) mass is 371 g/mol. The van der Waals surface area contributed by atoms with Gasteiger partial charge < -0.3 is 19.5 Å². The highest BCUT2D eigenvalue weighted by Gasteiger charge is 2.39. The van der Waals surface area contributed by atoms with E-state index in [0.717, 1.165) is 12.2 Å². The Morgan fingerprint density at radius 3 is 2.78 bits per heavy atom. The number of nitrogens with one attached hydrogen (secondary N) is 1. The van der Waals surface area contributed by atoms with E-state index in [9.17, 15) is 9.59 Å². The first-order chi connectivity index (χ1) is 13.0. The molecular formula is C19H25N5O3. The summed E-state index contributed by atoms with van der Waals surface area (Å²) in [6.45, 7) is 4.87. The molecule has 2 amide bonds. The second-order valence-electron chi connectivity index (χ2n) is 6.72. The van der Waals surface area contributed by atoms with Gasteiger partial charge in [-0.3, -0.25) is 9.59 Å². The van der Waals surface area contributed by atoms with Gasteiger partial charge in [-0.15, -0.1) is 0 Å². The Kier molecular flexibility index (Phi) is 5.73. The fourth-order valence-electron chi connectivity index (χ4n) is 3.40. The van der Waals surface area contributed by atoms with Crippen LogP contribution in [0.15, 0.2) is 30.7 Å². The average molecular weight is 371 g/mol. The first-order valence-electron chi connectivity index (χ1n) is 9.12. The van der Waals surface area contributed by atoms with E-state index in [1.165, 1.54) is 6.92 Å². The summed E-state index contributed by atoms with van der Waals surface area (Å²) in [5, 5.41) is 2.95. The number of likely N-dealkylation sites (tertiary alicyclic amines) is 1. The number of imidazole rings is 1. The van der Waals surface area contributed by atoms with Gasteiger partial charge in [0.25, 0.3) is 5.91 Å². The van der Waals surface area contributed by atoms with Gasteiger partial charge in [0.15, 0.2) is 11.4 Å². The minimum Gasteiger partial charge on any atom is -0.491 e. The van der Waals surface area contributed by atoms with Crippen LogP contribution in [0.2, 0.25) is 0 Å². The number of carbonyl (C=O) groups excluding carboxylic acids is 2. The third-order valence-electron chi connectivity index (χ3n) is 4.62. The van der Waals surface area contributed by atoms with Crippen LogP contribution >= 0.6 is 0 Å². The van der Waals surface area contributed by atoms with E-state index in [1.54, 1.807) is 29.4 Å². The van der Waals surface area contributed by atoms with Gasteiger partial charge in [0.05, 0.1) is 18.6 Å². The zero-order valence-electron chi connectivity index (χ0n) is 15.9. The molecule has 2 aromatic rings. The van der Waals surface area contributed by atoms with Crippen molar-refractivity contribution in [3.8, 4) is 5.75 Å². The maximum atomic E-state index is 13.1. The maximum Gasteiger partial charge on any atom is 0.276 e. The van der Waals surface area contributed by atoms with Crippen LogP contribution in [0.5, 0.6) is 5.75 Å². The molecule has 3 rings (SSSR count). The highest BCUT2D eigenvalue weighted by Crippen LogP contribution is 2.29. The quantitative estimate of drug-likeness (QED) is 0.828.